The highest BCUT2D eigenvalue weighted by atomic mass is 15.1. The van der Waals surface area contributed by atoms with E-state index in [1.807, 2.05) is 0 Å². The van der Waals surface area contributed by atoms with Gasteiger partial charge in [0.05, 0.1) is 5.69 Å². The number of fused-ring (bicyclic) bond motifs is 3. The van der Waals surface area contributed by atoms with Gasteiger partial charge in [-0.05, 0) is 130 Å². The molecule has 0 heterocycles. The van der Waals surface area contributed by atoms with Gasteiger partial charge in [-0.1, -0.05) is 212 Å². The number of hydrogen-bond acceptors (Lipinski definition) is 1. The second-order valence-corrected chi connectivity index (χ2v) is 22.5. The van der Waals surface area contributed by atoms with E-state index in [0.29, 0.717) is 0 Å². The molecule has 62 heavy (non-hydrogen) atoms. The van der Waals surface area contributed by atoms with Crippen molar-refractivity contribution < 1.29 is 0 Å². The summed E-state index contributed by atoms with van der Waals surface area (Å²) >= 11 is 0. The molecule has 7 aromatic carbocycles. The third-order valence-corrected chi connectivity index (χ3v) is 13.3. The van der Waals surface area contributed by atoms with Gasteiger partial charge in [0.25, 0.3) is 0 Å². The van der Waals surface area contributed by atoms with Crippen LogP contribution in [0.4, 0.5) is 17.1 Å². The Labute approximate surface area is 373 Å². The minimum Gasteiger partial charge on any atom is -0.310 e. The van der Waals surface area contributed by atoms with E-state index in [1.165, 1.54) is 77.9 Å². The van der Waals surface area contributed by atoms with Crippen LogP contribution in [0.15, 0.2) is 152 Å². The summed E-state index contributed by atoms with van der Waals surface area (Å²) in [5, 5.41) is 0. The first-order valence-corrected chi connectivity index (χ1v) is 22.7. The molecule has 0 unspecified atom stereocenters. The van der Waals surface area contributed by atoms with E-state index in [-0.39, 0.29) is 27.1 Å². The number of anilines is 3. The molecular weight excluding hydrogens is 747 g/mol. The fourth-order valence-corrected chi connectivity index (χ4v) is 9.18. The summed E-state index contributed by atoms with van der Waals surface area (Å²) in [6.45, 7) is 32.5. The third-order valence-electron chi connectivity index (χ3n) is 13.3. The first-order valence-electron chi connectivity index (χ1n) is 22.7. The average Bonchev–Trinajstić information content (AvgIpc) is 3.45. The van der Waals surface area contributed by atoms with Crippen LogP contribution in [0.5, 0.6) is 0 Å². The molecule has 0 radical (unpaired) electrons. The summed E-state index contributed by atoms with van der Waals surface area (Å²) in [6, 6.07) is 57.9. The average molecular weight is 814 g/mol. The normalized spacial score (nSPS) is 13.8. The third kappa shape index (κ3) is 8.20. The first-order chi connectivity index (χ1) is 29.0. The van der Waals surface area contributed by atoms with Gasteiger partial charge in [-0.2, -0.15) is 0 Å². The molecular formula is C61H67N. The lowest BCUT2D eigenvalue weighted by molar-refractivity contribution is 0.569. The van der Waals surface area contributed by atoms with Gasteiger partial charge in [-0.15, -0.1) is 0 Å². The Hall–Kier alpha value is -5.66. The summed E-state index contributed by atoms with van der Waals surface area (Å²) in [5.74, 6) is 0. The van der Waals surface area contributed by atoms with Crippen molar-refractivity contribution in [2.24, 2.45) is 0 Å². The van der Waals surface area contributed by atoms with Crippen LogP contribution >= 0.6 is 0 Å². The molecule has 0 atom stereocenters. The summed E-state index contributed by atoms with van der Waals surface area (Å²) in [6.07, 6.45) is 0. The van der Waals surface area contributed by atoms with Crippen molar-refractivity contribution in [3.63, 3.8) is 0 Å². The molecule has 0 spiro atoms. The maximum Gasteiger partial charge on any atom is 0.0540 e. The zero-order valence-electron chi connectivity index (χ0n) is 39.9. The van der Waals surface area contributed by atoms with E-state index in [1.54, 1.807) is 0 Å². The number of benzene rings is 7. The lowest BCUT2D eigenvalue weighted by atomic mass is 9.78. The highest BCUT2D eigenvalue weighted by molar-refractivity contribution is 5.91. The van der Waals surface area contributed by atoms with Crippen molar-refractivity contribution in [1.82, 2.24) is 0 Å². The van der Waals surface area contributed by atoms with Crippen molar-refractivity contribution in [1.29, 1.82) is 0 Å². The van der Waals surface area contributed by atoms with Crippen molar-refractivity contribution in [3.05, 3.63) is 185 Å². The SMILES string of the molecule is CC(C)(C)c1cc(-c2ccc(N(c3ccc4c(c3)C(C)(C)c3ccccc3-4)c3ccccc3-c3cccc(C(C)(C)C)c3)cc2)cc(-c2cc(C(C)(C)C)cc(C(C)(C)C)c2)c1. The highest BCUT2D eigenvalue weighted by Gasteiger charge is 2.36. The zero-order chi connectivity index (χ0) is 44.6. The van der Waals surface area contributed by atoms with Crippen molar-refractivity contribution in [3.8, 4) is 44.5 Å². The van der Waals surface area contributed by atoms with E-state index >= 15 is 0 Å². The molecule has 1 aliphatic rings. The van der Waals surface area contributed by atoms with Gasteiger partial charge in [0.2, 0.25) is 0 Å². The Morgan fingerprint density at radius 1 is 0.323 bits per heavy atom. The van der Waals surface area contributed by atoms with Crippen molar-refractivity contribution in [2.45, 2.75) is 124 Å². The molecule has 8 rings (SSSR count). The number of rotatable bonds is 6. The second-order valence-electron chi connectivity index (χ2n) is 22.5. The van der Waals surface area contributed by atoms with E-state index < -0.39 is 0 Å². The predicted octanol–water partition coefficient (Wildman–Crippen LogP) is 17.7. The highest BCUT2D eigenvalue weighted by Crippen LogP contribution is 2.51. The standard InChI is InChI=1S/C61H67N/c1-57(2,3)45-21-19-20-41(33-45)51-22-16-18-25-56(51)62(50-30-31-53-52-23-15-17-24-54(52)61(13,14)55(53)39-50)49-28-26-40(27-29-49)42-32-43(35-46(34-42)58(4,5)6)44-36-47(59(7,8)9)38-48(37-44)60(10,11)12/h15-39H,1-14H3. The number of nitrogens with zero attached hydrogens (tertiary/aromatic N) is 1. The largest absolute Gasteiger partial charge is 0.310 e. The number of hydrogen-bond donors (Lipinski definition) is 0. The predicted molar refractivity (Wildman–Crippen MR) is 270 cm³/mol. The van der Waals surface area contributed by atoms with Crippen molar-refractivity contribution >= 4 is 17.1 Å². The Balaban J connectivity index is 1.29. The fourth-order valence-electron chi connectivity index (χ4n) is 9.18. The molecule has 0 aromatic heterocycles. The van der Waals surface area contributed by atoms with Crippen LogP contribution in [-0.2, 0) is 27.1 Å². The molecule has 0 bridgehead atoms. The van der Waals surface area contributed by atoms with Crippen LogP contribution in [0.3, 0.4) is 0 Å². The van der Waals surface area contributed by atoms with Crippen molar-refractivity contribution in [2.75, 3.05) is 4.90 Å². The number of para-hydroxylation sites is 1. The smallest absolute Gasteiger partial charge is 0.0540 e. The Bertz CT molecular complexity index is 2750. The monoisotopic (exact) mass is 814 g/mol. The van der Waals surface area contributed by atoms with E-state index in [9.17, 15) is 0 Å². The molecule has 0 N–H and O–H groups in total. The molecule has 1 aliphatic carbocycles. The minimum absolute atomic E-state index is 0.0228. The molecule has 0 saturated heterocycles. The van der Waals surface area contributed by atoms with E-state index in [2.05, 4.69) is 253 Å². The van der Waals surface area contributed by atoms with E-state index in [4.69, 9.17) is 0 Å². The zero-order valence-corrected chi connectivity index (χ0v) is 39.9. The maximum atomic E-state index is 2.48. The van der Waals surface area contributed by atoms with Crippen LogP contribution in [0.1, 0.15) is 130 Å². The molecule has 0 saturated carbocycles. The van der Waals surface area contributed by atoms with Crippen LogP contribution in [-0.4, -0.2) is 0 Å². The Morgan fingerprint density at radius 3 is 1.39 bits per heavy atom. The van der Waals surface area contributed by atoms with Crippen LogP contribution < -0.4 is 4.90 Å². The maximum absolute atomic E-state index is 2.48. The summed E-state index contributed by atoms with van der Waals surface area (Å²) < 4.78 is 0. The van der Waals surface area contributed by atoms with Gasteiger partial charge in [0.1, 0.15) is 0 Å². The molecule has 316 valence electrons. The van der Waals surface area contributed by atoms with Gasteiger partial charge in [0.15, 0.2) is 0 Å². The lowest BCUT2D eigenvalue weighted by Gasteiger charge is -2.30. The van der Waals surface area contributed by atoms with Crippen LogP contribution in [0.25, 0.3) is 44.5 Å². The molecule has 0 aliphatic heterocycles. The van der Waals surface area contributed by atoms with Gasteiger partial charge in [-0.3, -0.25) is 0 Å². The molecule has 7 aromatic rings. The van der Waals surface area contributed by atoms with Gasteiger partial charge < -0.3 is 4.90 Å². The summed E-state index contributed by atoms with van der Waals surface area (Å²) in [4.78, 5) is 2.48. The van der Waals surface area contributed by atoms with Gasteiger partial charge >= 0.3 is 0 Å². The minimum atomic E-state index is -0.117. The quantitative estimate of drug-likeness (QED) is 0.162. The first kappa shape index (κ1) is 43.0. The van der Waals surface area contributed by atoms with Gasteiger partial charge in [0, 0.05) is 22.4 Å². The molecule has 1 heteroatoms. The van der Waals surface area contributed by atoms with Crippen LogP contribution in [0.2, 0.25) is 0 Å². The fraction of sp³-hybridized carbons (Fsp3) is 0.311. The Kier molecular flexibility index (Phi) is 10.6. The summed E-state index contributed by atoms with van der Waals surface area (Å²) in [5.41, 5.74) is 21.7. The topological polar surface area (TPSA) is 3.24 Å². The van der Waals surface area contributed by atoms with Crippen LogP contribution in [0, 0.1) is 0 Å². The van der Waals surface area contributed by atoms with E-state index in [0.717, 1.165) is 17.1 Å². The second kappa shape index (κ2) is 15.3. The molecule has 0 amide bonds. The van der Waals surface area contributed by atoms with Gasteiger partial charge in [-0.25, -0.2) is 0 Å². The lowest BCUT2D eigenvalue weighted by Crippen LogP contribution is -2.17. The Morgan fingerprint density at radius 2 is 0.790 bits per heavy atom. The summed E-state index contributed by atoms with van der Waals surface area (Å²) in [7, 11) is 0. The molecule has 1 nitrogen and oxygen atoms in total. The molecule has 0 fully saturated rings.